The molecule has 0 saturated carbocycles. The van der Waals surface area contributed by atoms with Crippen LogP contribution in [0.4, 0.5) is 10.7 Å². The second-order valence-corrected chi connectivity index (χ2v) is 10.1. The highest BCUT2D eigenvalue weighted by molar-refractivity contribution is 8.03. The lowest BCUT2D eigenvalue weighted by molar-refractivity contribution is 0.216. The first-order valence-corrected chi connectivity index (χ1v) is 13.2. The van der Waals surface area contributed by atoms with E-state index in [1.54, 1.807) is 42.6 Å². The van der Waals surface area contributed by atoms with Crippen LogP contribution in [0, 0.1) is 0 Å². The van der Waals surface area contributed by atoms with Gasteiger partial charge in [-0.25, -0.2) is 14.8 Å². The lowest BCUT2D eigenvalue weighted by Gasteiger charge is -2.19. The fraction of sp³-hybridized carbons (Fsp3) is 0.320. The average molecular weight is 546 g/mol. The van der Waals surface area contributed by atoms with E-state index in [2.05, 4.69) is 15.3 Å². The summed E-state index contributed by atoms with van der Waals surface area (Å²) in [6.45, 7) is 0.605. The average Bonchev–Trinajstić information content (AvgIpc) is 2.91. The van der Waals surface area contributed by atoms with Gasteiger partial charge in [0.15, 0.2) is 11.5 Å². The van der Waals surface area contributed by atoms with Crippen LogP contribution in [-0.4, -0.2) is 72.1 Å². The minimum atomic E-state index is -4.51. The molecule has 0 aliphatic carbocycles. The van der Waals surface area contributed by atoms with Gasteiger partial charge in [-0.05, 0) is 54.8 Å². The van der Waals surface area contributed by atoms with Crippen molar-refractivity contribution in [3.63, 3.8) is 0 Å². The molecule has 2 aromatic carbocycles. The standard InChI is InChI=1S/C25H31N5O7S/c1-36-21-14-17(15-22(37-2)23(21)31)7-10-27-24-28-11-8-20(29-24)19-6-3-5-18(13-19)16-30(12-4-9-26)38(34,35)25(32)33/h3,5-6,8,11,13-15,31H,4,7,9-10,12,16,26H2,1-2H3,(H,32,33)(H,27,28,29). The second-order valence-electron chi connectivity index (χ2n) is 8.24. The number of phenols is 1. The maximum atomic E-state index is 12.3. The smallest absolute Gasteiger partial charge is 0.437 e. The number of nitrogens with one attached hydrogen (secondary N) is 1. The molecule has 0 aliphatic heterocycles. The number of anilines is 1. The molecule has 0 bridgehead atoms. The number of phenolic OH excluding ortho intramolecular Hbond substituents is 1. The number of methoxy groups -OCH3 is 2. The summed E-state index contributed by atoms with van der Waals surface area (Å²) in [7, 11) is -1.58. The maximum Gasteiger partial charge on any atom is 0.437 e. The van der Waals surface area contributed by atoms with Crippen LogP contribution in [0.5, 0.6) is 17.2 Å². The van der Waals surface area contributed by atoms with Crippen molar-refractivity contribution in [3.8, 4) is 28.5 Å². The number of rotatable bonds is 13. The Balaban J connectivity index is 1.73. The van der Waals surface area contributed by atoms with Gasteiger partial charge in [-0.15, -0.1) is 0 Å². The molecule has 12 nitrogen and oxygen atoms in total. The zero-order valence-electron chi connectivity index (χ0n) is 21.1. The van der Waals surface area contributed by atoms with E-state index >= 15 is 0 Å². The number of hydrogen-bond donors (Lipinski definition) is 4. The molecule has 0 aliphatic rings. The van der Waals surface area contributed by atoms with E-state index in [4.69, 9.17) is 20.3 Å². The summed E-state index contributed by atoms with van der Waals surface area (Å²) >= 11 is 0. The molecule has 204 valence electrons. The topological polar surface area (TPSA) is 177 Å². The molecule has 0 spiro atoms. The van der Waals surface area contributed by atoms with E-state index in [-0.39, 0.29) is 25.4 Å². The quantitative estimate of drug-likeness (QED) is 0.248. The number of carboxylic acid groups (broad SMARTS) is 1. The fourth-order valence-electron chi connectivity index (χ4n) is 3.71. The Morgan fingerprint density at radius 1 is 1.11 bits per heavy atom. The van der Waals surface area contributed by atoms with Crippen molar-refractivity contribution in [2.45, 2.75) is 19.4 Å². The Kier molecular flexibility index (Phi) is 9.82. The minimum absolute atomic E-state index is 0.00425. The Bertz CT molecular complexity index is 1340. The SMILES string of the molecule is COc1cc(CCNc2nccc(-c3cccc(CN(CCCN)S(=O)(=O)C(=O)O)c3)n2)cc(OC)c1O. The lowest BCUT2D eigenvalue weighted by Crippen LogP contribution is -2.36. The largest absolute Gasteiger partial charge is 0.502 e. The molecule has 0 amide bonds. The van der Waals surface area contributed by atoms with Gasteiger partial charge in [0.25, 0.3) is 0 Å². The van der Waals surface area contributed by atoms with Crippen LogP contribution >= 0.6 is 0 Å². The van der Waals surface area contributed by atoms with Gasteiger partial charge in [0.2, 0.25) is 11.7 Å². The molecule has 1 aromatic heterocycles. The number of aromatic nitrogens is 2. The molecule has 3 rings (SSSR count). The molecule has 0 saturated heterocycles. The van der Waals surface area contributed by atoms with Crippen LogP contribution < -0.4 is 20.5 Å². The molecule has 0 radical (unpaired) electrons. The van der Waals surface area contributed by atoms with Gasteiger partial charge < -0.3 is 30.7 Å². The number of benzene rings is 2. The predicted octanol–water partition coefficient (Wildman–Crippen LogP) is 2.68. The Hall–Kier alpha value is -3.94. The zero-order valence-corrected chi connectivity index (χ0v) is 21.9. The molecule has 0 unspecified atom stereocenters. The van der Waals surface area contributed by atoms with Gasteiger partial charge in [0, 0.05) is 31.4 Å². The number of hydrogen-bond acceptors (Lipinski definition) is 10. The molecule has 0 fully saturated rings. The van der Waals surface area contributed by atoms with Gasteiger partial charge in [-0.1, -0.05) is 18.2 Å². The third kappa shape index (κ3) is 7.09. The molecule has 1 heterocycles. The fourth-order valence-corrected chi connectivity index (χ4v) is 4.62. The van der Waals surface area contributed by atoms with Gasteiger partial charge in [-0.2, -0.15) is 12.7 Å². The summed E-state index contributed by atoms with van der Waals surface area (Å²) in [5.41, 5.74) is 8.29. The van der Waals surface area contributed by atoms with E-state index in [9.17, 15) is 18.3 Å². The van der Waals surface area contributed by atoms with Gasteiger partial charge in [0.1, 0.15) is 0 Å². The highest BCUT2D eigenvalue weighted by atomic mass is 32.2. The zero-order chi connectivity index (χ0) is 27.7. The number of sulfonamides is 1. The minimum Gasteiger partial charge on any atom is -0.502 e. The first kappa shape index (κ1) is 28.6. The second kappa shape index (κ2) is 13.0. The number of carbonyl (C=O) groups is 1. The van der Waals surface area contributed by atoms with Crippen LogP contribution in [0.25, 0.3) is 11.3 Å². The summed E-state index contributed by atoms with van der Waals surface area (Å²) in [5.74, 6) is 0.960. The van der Waals surface area contributed by atoms with Crippen LogP contribution in [0.3, 0.4) is 0 Å². The highest BCUT2D eigenvalue weighted by Crippen LogP contribution is 2.37. The van der Waals surface area contributed by atoms with Crippen molar-refractivity contribution in [1.82, 2.24) is 14.3 Å². The van der Waals surface area contributed by atoms with Gasteiger partial charge >= 0.3 is 15.3 Å². The first-order valence-electron chi connectivity index (χ1n) is 11.7. The lowest BCUT2D eigenvalue weighted by atomic mass is 10.1. The van der Waals surface area contributed by atoms with E-state index in [1.807, 2.05) is 6.07 Å². The van der Waals surface area contributed by atoms with Crippen molar-refractivity contribution < 1.29 is 32.9 Å². The van der Waals surface area contributed by atoms with E-state index in [1.165, 1.54) is 14.2 Å². The summed E-state index contributed by atoms with van der Waals surface area (Å²) in [5, 5.41) is 20.5. The van der Waals surface area contributed by atoms with Crippen LogP contribution in [-0.2, 0) is 23.0 Å². The molecule has 3 aromatic rings. The number of nitrogens with two attached hydrogens (primary N) is 1. The van der Waals surface area contributed by atoms with E-state index in [0.29, 0.717) is 53.7 Å². The molecular formula is C25H31N5O7S. The van der Waals surface area contributed by atoms with Crippen molar-refractivity contribution in [2.75, 3.05) is 39.2 Å². The van der Waals surface area contributed by atoms with E-state index in [0.717, 1.165) is 9.87 Å². The molecule has 13 heteroatoms. The molecular weight excluding hydrogens is 514 g/mol. The van der Waals surface area contributed by atoms with Gasteiger partial charge in [-0.3, -0.25) is 0 Å². The van der Waals surface area contributed by atoms with Crippen molar-refractivity contribution in [1.29, 1.82) is 0 Å². The summed E-state index contributed by atoms with van der Waals surface area (Å²) in [6, 6.07) is 12.2. The summed E-state index contributed by atoms with van der Waals surface area (Å²) < 4.78 is 35.8. The number of ether oxygens (including phenoxy) is 2. The molecule has 5 N–H and O–H groups in total. The van der Waals surface area contributed by atoms with Crippen LogP contribution in [0.2, 0.25) is 0 Å². The van der Waals surface area contributed by atoms with Crippen molar-refractivity contribution in [2.24, 2.45) is 5.73 Å². The van der Waals surface area contributed by atoms with Crippen LogP contribution in [0.15, 0.2) is 48.7 Å². The third-order valence-electron chi connectivity index (χ3n) is 5.65. The molecule has 0 atom stereocenters. The van der Waals surface area contributed by atoms with Crippen molar-refractivity contribution >= 4 is 21.3 Å². The predicted molar refractivity (Wildman–Crippen MR) is 142 cm³/mol. The van der Waals surface area contributed by atoms with Crippen LogP contribution in [0.1, 0.15) is 17.5 Å². The summed E-state index contributed by atoms with van der Waals surface area (Å²) in [6.07, 6.45) is 2.51. The maximum absolute atomic E-state index is 12.3. The number of aromatic hydroxyl groups is 1. The van der Waals surface area contributed by atoms with Gasteiger partial charge in [0.05, 0.1) is 19.9 Å². The highest BCUT2D eigenvalue weighted by Gasteiger charge is 2.29. The monoisotopic (exact) mass is 545 g/mol. The molecule has 38 heavy (non-hydrogen) atoms. The number of nitrogens with zero attached hydrogens (tertiary/aromatic N) is 3. The summed E-state index contributed by atoms with van der Waals surface area (Å²) in [4.78, 5) is 20.1. The Labute approximate surface area is 221 Å². The third-order valence-corrected chi connectivity index (χ3v) is 7.08. The first-order chi connectivity index (χ1) is 18.2. The van der Waals surface area contributed by atoms with E-state index < -0.39 is 15.3 Å². The Morgan fingerprint density at radius 2 is 1.82 bits per heavy atom. The van der Waals surface area contributed by atoms with Crippen molar-refractivity contribution in [3.05, 3.63) is 59.8 Å². The Morgan fingerprint density at radius 3 is 2.45 bits per heavy atom. The normalized spacial score (nSPS) is 11.4.